The van der Waals surface area contributed by atoms with Crippen molar-refractivity contribution in [3.05, 3.63) is 164 Å². The molecule has 0 bridgehead atoms. The number of fused-ring (bicyclic) bond motifs is 5. The minimum Gasteiger partial charge on any atom is -0.294 e. The van der Waals surface area contributed by atoms with Crippen LogP contribution in [0.15, 0.2) is 164 Å². The van der Waals surface area contributed by atoms with E-state index in [2.05, 4.69) is 155 Å². The van der Waals surface area contributed by atoms with E-state index in [0.29, 0.717) is 0 Å². The molecule has 210 valence electrons. The van der Waals surface area contributed by atoms with Crippen LogP contribution in [0.1, 0.15) is 0 Å². The van der Waals surface area contributed by atoms with Crippen molar-refractivity contribution in [2.24, 2.45) is 0 Å². The SMILES string of the molecule is c1ccc(-c2c3ccccc3c(-c3cccc(-c4ccc(-n5c6ccccc6c6cnccc65)nc4)c3)c3ccccc23)cc1. The molecule has 0 radical (unpaired) electrons. The summed E-state index contributed by atoms with van der Waals surface area (Å²) in [4.78, 5) is 9.37. The van der Waals surface area contributed by atoms with E-state index in [4.69, 9.17) is 4.98 Å². The molecule has 45 heavy (non-hydrogen) atoms. The van der Waals surface area contributed by atoms with Crippen LogP contribution in [0, 0.1) is 0 Å². The average Bonchev–Trinajstić information content (AvgIpc) is 3.45. The van der Waals surface area contributed by atoms with Gasteiger partial charge in [-0.25, -0.2) is 4.98 Å². The Balaban J connectivity index is 1.20. The zero-order chi connectivity index (χ0) is 29.7. The van der Waals surface area contributed by atoms with E-state index in [1.54, 1.807) is 0 Å². The van der Waals surface area contributed by atoms with Crippen molar-refractivity contribution in [1.29, 1.82) is 0 Å². The third kappa shape index (κ3) is 4.05. The number of aromatic nitrogens is 3. The molecule has 0 aliphatic heterocycles. The third-order valence-electron chi connectivity index (χ3n) is 8.93. The van der Waals surface area contributed by atoms with Crippen molar-refractivity contribution < 1.29 is 0 Å². The summed E-state index contributed by atoms with van der Waals surface area (Å²) in [6.45, 7) is 0. The quantitative estimate of drug-likeness (QED) is 0.196. The average molecular weight is 574 g/mol. The van der Waals surface area contributed by atoms with Crippen molar-refractivity contribution in [3.63, 3.8) is 0 Å². The maximum absolute atomic E-state index is 4.99. The maximum atomic E-state index is 4.99. The van der Waals surface area contributed by atoms with Gasteiger partial charge in [0.25, 0.3) is 0 Å². The topological polar surface area (TPSA) is 30.7 Å². The molecule has 9 rings (SSSR count). The molecule has 3 aromatic heterocycles. The van der Waals surface area contributed by atoms with Crippen LogP contribution in [0.25, 0.3) is 82.5 Å². The fourth-order valence-corrected chi connectivity index (χ4v) is 6.96. The first-order valence-electron chi connectivity index (χ1n) is 15.2. The number of benzene rings is 6. The Morgan fingerprint density at radius 3 is 1.64 bits per heavy atom. The summed E-state index contributed by atoms with van der Waals surface area (Å²) < 4.78 is 2.22. The largest absolute Gasteiger partial charge is 0.294 e. The Bertz CT molecular complexity index is 2420. The molecule has 0 aliphatic carbocycles. The third-order valence-corrected chi connectivity index (χ3v) is 8.93. The number of hydrogen-bond donors (Lipinski definition) is 0. The molecular formula is C42H27N3. The van der Waals surface area contributed by atoms with Gasteiger partial charge in [0.1, 0.15) is 5.82 Å². The van der Waals surface area contributed by atoms with Gasteiger partial charge >= 0.3 is 0 Å². The fraction of sp³-hybridized carbons (Fsp3) is 0. The standard InChI is InChI=1S/C42H27N3/c1-2-11-28(12-3-1)41-33-16-4-6-18-35(33)42(36-19-7-5-17-34(36)41)30-14-10-13-29(25-30)31-21-22-40(44-26-31)45-38-20-9-8-15-32(38)37-27-43-24-23-39(37)45/h1-27H. The summed E-state index contributed by atoms with van der Waals surface area (Å²) in [7, 11) is 0. The molecule has 3 nitrogen and oxygen atoms in total. The van der Waals surface area contributed by atoms with E-state index in [9.17, 15) is 0 Å². The smallest absolute Gasteiger partial charge is 0.137 e. The number of pyridine rings is 2. The highest BCUT2D eigenvalue weighted by Crippen LogP contribution is 2.44. The Hall–Kier alpha value is -6.06. The zero-order valence-corrected chi connectivity index (χ0v) is 24.4. The lowest BCUT2D eigenvalue weighted by Crippen LogP contribution is -1.97. The van der Waals surface area contributed by atoms with E-state index in [0.717, 1.165) is 33.4 Å². The molecule has 0 N–H and O–H groups in total. The van der Waals surface area contributed by atoms with Gasteiger partial charge in [0.2, 0.25) is 0 Å². The van der Waals surface area contributed by atoms with Crippen LogP contribution in [-0.2, 0) is 0 Å². The van der Waals surface area contributed by atoms with Crippen LogP contribution in [0.5, 0.6) is 0 Å². The first-order valence-corrected chi connectivity index (χ1v) is 15.2. The van der Waals surface area contributed by atoms with Crippen LogP contribution in [0.4, 0.5) is 0 Å². The van der Waals surface area contributed by atoms with E-state index in [1.165, 1.54) is 49.2 Å². The van der Waals surface area contributed by atoms with Crippen LogP contribution in [0.3, 0.4) is 0 Å². The number of rotatable bonds is 4. The van der Waals surface area contributed by atoms with Crippen LogP contribution in [0.2, 0.25) is 0 Å². The molecule has 3 heterocycles. The lowest BCUT2D eigenvalue weighted by molar-refractivity contribution is 1.08. The van der Waals surface area contributed by atoms with Gasteiger partial charge in [-0.2, -0.15) is 0 Å². The number of para-hydroxylation sites is 1. The molecule has 0 fully saturated rings. The van der Waals surface area contributed by atoms with Gasteiger partial charge in [-0.15, -0.1) is 0 Å². The van der Waals surface area contributed by atoms with E-state index in [-0.39, 0.29) is 0 Å². The van der Waals surface area contributed by atoms with Crippen molar-refractivity contribution in [2.75, 3.05) is 0 Å². The summed E-state index contributed by atoms with van der Waals surface area (Å²) in [5.74, 6) is 0.890. The molecule has 0 atom stereocenters. The summed E-state index contributed by atoms with van der Waals surface area (Å²) >= 11 is 0. The van der Waals surface area contributed by atoms with E-state index in [1.807, 2.05) is 18.6 Å². The normalized spacial score (nSPS) is 11.6. The molecular weight excluding hydrogens is 546 g/mol. The van der Waals surface area contributed by atoms with Gasteiger partial charge in [-0.1, -0.05) is 115 Å². The Kier molecular flexibility index (Phi) is 5.82. The summed E-state index contributed by atoms with van der Waals surface area (Å²) in [5.41, 5.74) is 9.41. The fourth-order valence-electron chi connectivity index (χ4n) is 6.96. The van der Waals surface area contributed by atoms with E-state index < -0.39 is 0 Å². The number of hydrogen-bond acceptors (Lipinski definition) is 2. The van der Waals surface area contributed by atoms with Gasteiger partial charge < -0.3 is 0 Å². The van der Waals surface area contributed by atoms with Gasteiger partial charge in [-0.3, -0.25) is 9.55 Å². The summed E-state index contributed by atoms with van der Waals surface area (Å²) in [6.07, 6.45) is 5.77. The van der Waals surface area contributed by atoms with Gasteiger partial charge in [-0.05, 0) is 79.7 Å². The molecule has 0 saturated heterocycles. The predicted molar refractivity (Wildman–Crippen MR) is 188 cm³/mol. The number of nitrogens with zero attached hydrogens (tertiary/aromatic N) is 3. The van der Waals surface area contributed by atoms with Crippen molar-refractivity contribution >= 4 is 43.4 Å². The van der Waals surface area contributed by atoms with Crippen molar-refractivity contribution in [1.82, 2.24) is 14.5 Å². The van der Waals surface area contributed by atoms with E-state index >= 15 is 0 Å². The van der Waals surface area contributed by atoms with Crippen molar-refractivity contribution in [2.45, 2.75) is 0 Å². The molecule has 9 aromatic rings. The van der Waals surface area contributed by atoms with Crippen LogP contribution >= 0.6 is 0 Å². The second kappa shape index (κ2) is 10.3. The second-order valence-electron chi connectivity index (χ2n) is 11.4. The molecule has 3 heteroatoms. The van der Waals surface area contributed by atoms with Gasteiger partial charge in [0.15, 0.2) is 0 Å². The Morgan fingerprint density at radius 1 is 0.378 bits per heavy atom. The summed E-state index contributed by atoms with van der Waals surface area (Å²) in [5, 5.41) is 7.33. The first kappa shape index (κ1) is 25.4. The second-order valence-corrected chi connectivity index (χ2v) is 11.4. The van der Waals surface area contributed by atoms with Crippen LogP contribution < -0.4 is 0 Å². The molecule has 0 saturated carbocycles. The minimum atomic E-state index is 0.890. The predicted octanol–water partition coefficient (Wildman–Crippen LogP) is 10.9. The lowest BCUT2D eigenvalue weighted by Gasteiger charge is -2.18. The highest BCUT2D eigenvalue weighted by molar-refractivity contribution is 6.21. The lowest BCUT2D eigenvalue weighted by atomic mass is 9.85. The Morgan fingerprint density at radius 2 is 0.956 bits per heavy atom. The monoisotopic (exact) mass is 573 g/mol. The van der Waals surface area contributed by atoms with Gasteiger partial charge in [0.05, 0.1) is 11.0 Å². The van der Waals surface area contributed by atoms with Gasteiger partial charge in [0, 0.05) is 34.9 Å². The Labute approximate surface area is 260 Å². The highest BCUT2D eigenvalue weighted by Gasteiger charge is 2.17. The molecule has 0 unspecified atom stereocenters. The zero-order valence-electron chi connectivity index (χ0n) is 24.4. The molecule has 0 aliphatic rings. The molecule has 0 spiro atoms. The van der Waals surface area contributed by atoms with Crippen molar-refractivity contribution in [3.8, 4) is 39.2 Å². The van der Waals surface area contributed by atoms with Crippen LogP contribution in [-0.4, -0.2) is 14.5 Å². The minimum absolute atomic E-state index is 0.890. The molecule has 6 aromatic carbocycles. The first-order chi connectivity index (χ1) is 22.3. The highest BCUT2D eigenvalue weighted by atomic mass is 15.1. The molecule has 0 amide bonds. The maximum Gasteiger partial charge on any atom is 0.137 e. The summed E-state index contributed by atoms with van der Waals surface area (Å²) in [6, 6.07) is 52.0.